The van der Waals surface area contributed by atoms with E-state index in [2.05, 4.69) is 39.5 Å². The Hall–Kier alpha value is -2.98. The maximum atomic E-state index is 12.6. The van der Waals surface area contributed by atoms with Gasteiger partial charge in [-0.05, 0) is 29.3 Å². The third-order valence-corrected chi connectivity index (χ3v) is 6.08. The van der Waals surface area contributed by atoms with E-state index < -0.39 is 5.91 Å². The lowest BCUT2D eigenvalue weighted by atomic mass is 10.1. The molecule has 5 nitrogen and oxygen atoms in total. The third kappa shape index (κ3) is 4.95. The van der Waals surface area contributed by atoms with Gasteiger partial charge in [0, 0.05) is 36.0 Å². The molecule has 30 heavy (non-hydrogen) atoms. The van der Waals surface area contributed by atoms with E-state index in [0.29, 0.717) is 10.2 Å². The van der Waals surface area contributed by atoms with Gasteiger partial charge in [0.05, 0.1) is 5.69 Å². The zero-order chi connectivity index (χ0) is 20.9. The number of hydrogen-bond donors (Lipinski definition) is 1. The highest BCUT2D eigenvalue weighted by Crippen LogP contribution is 2.29. The molecule has 0 aliphatic carbocycles. The largest absolute Gasteiger partial charge is 0.297 e. The molecule has 1 aliphatic heterocycles. The van der Waals surface area contributed by atoms with Gasteiger partial charge < -0.3 is 0 Å². The molecular formula is C23H19ClN4OS. The van der Waals surface area contributed by atoms with Crippen LogP contribution in [0.4, 0.5) is 5.13 Å². The summed E-state index contributed by atoms with van der Waals surface area (Å²) in [4.78, 5) is 20.7. The topological polar surface area (TPSA) is 69.0 Å². The van der Waals surface area contributed by atoms with Crippen molar-refractivity contribution < 1.29 is 4.79 Å². The minimum atomic E-state index is -0.459. The Morgan fingerprint density at radius 3 is 2.73 bits per heavy atom. The summed E-state index contributed by atoms with van der Waals surface area (Å²) in [6.07, 6.45) is 2.39. The molecular weight excluding hydrogens is 416 g/mol. The van der Waals surface area contributed by atoms with Crippen LogP contribution in [0.25, 0.3) is 6.08 Å². The fourth-order valence-corrected chi connectivity index (χ4v) is 4.49. The summed E-state index contributed by atoms with van der Waals surface area (Å²) in [5.41, 5.74) is 3.07. The number of rotatable bonds is 5. The number of amides is 1. The quantitative estimate of drug-likeness (QED) is 0.458. The summed E-state index contributed by atoms with van der Waals surface area (Å²) < 4.78 is 0. The lowest BCUT2D eigenvalue weighted by Gasteiger charge is -2.25. The van der Waals surface area contributed by atoms with E-state index >= 15 is 0 Å². The summed E-state index contributed by atoms with van der Waals surface area (Å²) >= 11 is 7.36. The van der Waals surface area contributed by atoms with Gasteiger partial charge in [-0.3, -0.25) is 15.0 Å². The summed E-state index contributed by atoms with van der Waals surface area (Å²) in [6, 6.07) is 19.3. The van der Waals surface area contributed by atoms with Gasteiger partial charge in [0.25, 0.3) is 5.91 Å². The number of benzene rings is 2. The average molecular weight is 435 g/mol. The highest BCUT2D eigenvalue weighted by molar-refractivity contribution is 7.15. The molecule has 0 fully saturated rings. The number of nitrogens with one attached hydrogen (secondary N) is 1. The minimum absolute atomic E-state index is 0.0243. The Balaban J connectivity index is 1.43. The van der Waals surface area contributed by atoms with Crippen LogP contribution in [0.1, 0.15) is 21.7 Å². The van der Waals surface area contributed by atoms with Gasteiger partial charge in [-0.15, -0.1) is 11.3 Å². The Bertz CT molecular complexity index is 1120. The first kappa shape index (κ1) is 20.3. The zero-order valence-electron chi connectivity index (χ0n) is 16.1. The predicted octanol–water partition coefficient (Wildman–Crippen LogP) is 4.90. The first-order valence-corrected chi connectivity index (χ1v) is 10.7. The van der Waals surface area contributed by atoms with E-state index in [0.717, 1.165) is 42.2 Å². The number of hydrogen-bond acceptors (Lipinski definition) is 5. The number of anilines is 1. The number of nitrogens with zero attached hydrogens (tertiary/aromatic N) is 3. The van der Waals surface area contributed by atoms with Crippen LogP contribution in [0.5, 0.6) is 0 Å². The molecule has 0 atom stereocenters. The van der Waals surface area contributed by atoms with Crippen molar-refractivity contribution in [3.63, 3.8) is 0 Å². The highest BCUT2D eigenvalue weighted by atomic mass is 35.5. The first-order valence-electron chi connectivity index (χ1n) is 9.54. The van der Waals surface area contributed by atoms with Gasteiger partial charge in [0.2, 0.25) is 0 Å². The van der Waals surface area contributed by atoms with Gasteiger partial charge in [-0.2, -0.15) is 5.26 Å². The lowest BCUT2D eigenvalue weighted by Crippen LogP contribution is -2.29. The highest BCUT2D eigenvalue weighted by Gasteiger charge is 2.22. The van der Waals surface area contributed by atoms with E-state index in [1.165, 1.54) is 16.9 Å². The molecule has 0 bridgehead atoms. The first-order chi connectivity index (χ1) is 14.6. The minimum Gasteiger partial charge on any atom is -0.297 e. The Morgan fingerprint density at radius 2 is 2.00 bits per heavy atom. The Labute approximate surface area is 184 Å². The molecule has 3 aromatic rings. The van der Waals surface area contributed by atoms with Crippen molar-refractivity contribution in [2.75, 3.05) is 11.9 Å². The second kappa shape index (κ2) is 9.23. The van der Waals surface area contributed by atoms with Crippen LogP contribution in [0.15, 0.2) is 60.2 Å². The normalized spacial score (nSPS) is 14.1. The molecule has 0 saturated carbocycles. The van der Waals surface area contributed by atoms with Crippen LogP contribution in [0.3, 0.4) is 0 Å². The number of aromatic nitrogens is 1. The predicted molar refractivity (Wildman–Crippen MR) is 120 cm³/mol. The van der Waals surface area contributed by atoms with E-state index in [9.17, 15) is 10.1 Å². The van der Waals surface area contributed by atoms with Crippen molar-refractivity contribution >= 4 is 40.1 Å². The van der Waals surface area contributed by atoms with Crippen LogP contribution in [0, 0.1) is 11.3 Å². The molecule has 1 aromatic heterocycles. The molecule has 0 radical (unpaired) electrons. The van der Waals surface area contributed by atoms with E-state index in [4.69, 9.17) is 11.6 Å². The van der Waals surface area contributed by atoms with Crippen LogP contribution >= 0.6 is 22.9 Å². The molecule has 1 amide bonds. The smallest absolute Gasteiger partial charge is 0.268 e. The number of nitriles is 1. The van der Waals surface area contributed by atoms with Crippen molar-refractivity contribution in [2.24, 2.45) is 0 Å². The third-order valence-electron chi connectivity index (χ3n) is 4.83. The molecule has 0 spiro atoms. The van der Waals surface area contributed by atoms with Crippen molar-refractivity contribution in [2.45, 2.75) is 19.5 Å². The van der Waals surface area contributed by atoms with Crippen LogP contribution in [-0.2, 0) is 24.3 Å². The Kier molecular flexibility index (Phi) is 6.24. The summed E-state index contributed by atoms with van der Waals surface area (Å²) in [5, 5.41) is 13.3. The number of fused-ring (bicyclic) bond motifs is 1. The molecule has 2 aromatic carbocycles. The molecule has 1 N–H and O–H groups in total. The Morgan fingerprint density at radius 1 is 1.23 bits per heavy atom. The second-order valence-electron chi connectivity index (χ2n) is 7.01. The van der Waals surface area contributed by atoms with Gasteiger partial charge >= 0.3 is 0 Å². The SMILES string of the molecule is N#C/C(=C/c1ccc(Cl)cc1)C(=O)Nc1nc2c(s1)CN(Cc1ccccc1)CC2. The molecule has 150 valence electrons. The fraction of sp³-hybridized carbons (Fsp3) is 0.174. The zero-order valence-corrected chi connectivity index (χ0v) is 17.7. The number of halogens is 1. The molecule has 0 unspecified atom stereocenters. The second-order valence-corrected chi connectivity index (χ2v) is 8.53. The van der Waals surface area contributed by atoms with E-state index in [1.54, 1.807) is 30.3 Å². The van der Waals surface area contributed by atoms with Gasteiger partial charge in [-0.25, -0.2) is 4.98 Å². The van der Waals surface area contributed by atoms with Crippen molar-refractivity contribution in [3.05, 3.63) is 86.9 Å². The fourth-order valence-electron chi connectivity index (χ4n) is 3.32. The van der Waals surface area contributed by atoms with Crippen molar-refractivity contribution in [1.29, 1.82) is 5.26 Å². The van der Waals surface area contributed by atoms with E-state index in [1.807, 2.05) is 12.1 Å². The lowest BCUT2D eigenvalue weighted by molar-refractivity contribution is -0.112. The van der Waals surface area contributed by atoms with Gasteiger partial charge in [-0.1, -0.05) is 54.1 Å². The summed E-state index contributed by atoms with van der Waals surface area (Å²) in [7, 11) is 0. The average Bonchev–Trinajstić information content (AvgIpc) is 3.15. The maximum absolute atomic E-state index is 12.6. The van der Waals surface area contributed by atoms with Gasteiger partial charge in [0.15, 0.2) is 5.13 Å². The van der Waals surface area contributed by atoms with Crippen LogP contribution in [0.2, 0.25) is 5.02 Å². The van der Waals surface area contributed by atoms with Crippen molar-refractivity contribution in [1.82, 2.24) is 9.88 Å². The molecule has 2 heterocycles. The van der Waals surface area contributed by atoms with E-state index in [-0.39, 0.29) is 5.57 Å². The maximum Gasteiger partial charge on any atom is 0.268 e. The monoisotopic (exact) mass is 434 g/mol. The number of thiazole rings is 1. The number of carbonyl (C=O) groups is 1. The van der Waals surface area contributed by atoms with Crippen LogP contribution < -0.4 is 5.32 Å². The standard InChI is InChI=1S/C23H19ClN4OS/c24-19-8-6-16(7-9-19)12-18(13-25)22(29)27-23-26-20-10-11-28(15-21(20)30-23)14-17-4-2-1-3-5-17/h1-9,12H,10-11,14-15H2,(H,26,27,29)/b18-12-. The summed E-state index contributed by atoms with van der Waals surface area (Å²) in [6.45, 7) is 2.63. The molecule has 7 heteroatoms. The summed E-state index contributed by atoms with van der Waals surface area (Å²) in [5.74, 6) is -0.459. The molecule has 4 rings (SSSR count). The molecule has 0 saturated heterocycles. The van der Waals surface area contributed by atoms with Crippen molar-refractivity contribution in [3.8, 4) is 6.07 Å². The van der Waals surface area contributed by atoms with Crippen LogP contribution in [-0.4, -0.2) is 22.3 Å². The van der Waals surface area contributed by atoms with Gasteiger partial charge in [0.1, 0.15) is 11.6 Å². The molecule has 1 aliphatic rings. The number of carbonyl (C=O) groups excluding carboxylic acids is 1.